The molecule has 0 aromatic heterocycles. The molecule has 6 heteroatoms. The molecule has 0 heterocycles. The summed E-state index contributed by atoms with van der Waals surface area (Å²) in [7, 11) is 0. The minimum Gasteiger partial charge on any atom is -0.388 e. The lowest BCUT2D eigenvalue weighted by atomic mass is 9.80. The molecule has 0 bridgehead atoms. The zero-order valence-electron chi connectivity index (χ0n) is 12.0. The van der Waals surface area contributed by atoms with Crippen molar-refractivity contribution >= 4 is 5.91 Å². The molecular formula is C16H18F3NO2. The number of halogens is 3. The fourth-order valence-corrected chi connectivity index (χ4v) is 2.94. The van der Waals surface area contributed by atoms with E-state index in [0.29, 0.717) is 31.2 Å². The van der Waals surface area contributed by atoms with Crippen molar-refractivity contribution < 1.29 is 23.1 Å². The van der Waals surface area contributed by atoms with Crippen LogP contribution in [0.15, 0.2) is 24.3 Å². The van der Waals surface area contributed by atoms with Gasteiger partial charge in [0, 0.05) is 6.54 Å². The number of aliphatic hydroxyl groups is 1. The van der Waals surface area contributed by atoms with Crippen molar-refractivity contribution in [1.82, 2.24) is 5.32 Å². The molecule has 0 unspecified atom stereocenters. The first kappa shape index (κ1) is 15.3. The van der Waals surface area contributed by atoms with E-state index in [9.17, 15) is 23.1 Å². The third kappa shape index (κ3) is 2.72. The number of hydrogen-bond donors (Lipinski definition) is 2. The summed E-state index contributed by atoms with van der Waals surface area (Å²) >= 11 is 0. The Morgan fingerprint density at radius 2 is 1.91 bits per heavy atom. The first-order chi connectivity index (χ1) is 10.3. The second-order valence-electron chi connectivity index (χ2n) is 6.42. The standard InChI is InChI=1S/C16H18F3NO2/c17-16(18,19)12-4-1-3-11(9-12)15(7-8-15)13(21)20-10-14(22)5-2-6-14/h1,3-4,9,22H,2,5-8,10H2,(H,20,21). The number of nitrogens with one attached hydrogen (secondary N) is 1. The van der Waals surface area contributed by atoms with Crippen LogP contribution in [-0.4, -0.2) is 23.2 Å². The van der Waals surface area contributed by atoms with Crippen LogP contribution in [0.3, 0.4) is 0 Å². The van der Waals surface area contributed by atoms with Crippen molar-refractivity contribution in [3.63, 3.8) is 0 Å². The Labute approximate surface area is 126 Å². The van der Waals surface area contributed by atoms with E-state index in [-0.39, 0.29) is 12.5 Å². The molecule has 0 aliphatic heterocycles. The smallest absolute Gasteiger partial charge is 0.388 e. The average molecular weight is 313 g/mol. The molecule has 1 aromatic rings. The summed E-state index contributed by atoms with van der Waals surface area (Å²) in [5.74, 6) is -0.285. The normalized spacial score (nSPS) is 21.8. The first-order valence-corrected chi connectivity index (χ1v) is 7.44. The van der Waals surface area contributed by atoms with Crippen LogP contribution < -0.4 is 5.32 Å². The fraction of sp³-hybridized carbons (Fsp3) is 0.562. The Hall–Kier alpha value is -1.56. The van der Waals surface area contributed by atoms with E-state index in [1.165, 1.54) is 6.07 Å². The van der Waals surface area contributed by atoms with Crippen molar-refractivity contribution in [2.45, 2.75) is 49.3 Å². The van der Waals surface area contributed by atoms with Crippen LogP contribution >= 0.6 is 0 Å². The molecule has 2 saturated carbocycles. The van der Waals surface area contributed by atoms with E-state index < -0.39 is 22.8 Å². The average Bonchev–Trinajstić information content (AvgIpc) is 3.23. The quantitative estimate of drug-likeness (QED) is 0.898. The van der Waals surface area contributed by atoms with E-state index in [4.69, 9.17) is 0 Å². The first-order valence-electron chi connectivity index (χ1n) is 7.44. The van der Waals surface area contributed by atoms with Gasteiger partial charge in [0.15, 0.2) is 0 Å². The highest BCUT2D eigenvalue weighted by Gasteiger charge is 2.52. The monoisotopic (exact) mass is 313 g/mol. The van der Waals surface area contributed by atoms with E-state index in [0.717, 1.165) is 18.6 Å². The lowest BCUT2D eigenvalue weighted by Crippen LogP contribution is -2.49. The summed E-state index contributed by atoms with van der Waals surface area (Å²) in [6.45, 7) is 0.173. The van der Waals surface area contributed by atoms with Crippen LogP contribution in [0.4, 0.5) is 13.2 Å². The molecule has 2 N–H and O–H groups in total. The van der Waals surface area contributed by atoms with Crippen molar-refractivity contribution in [3.05, 3.63) is 35.4 Å². The summed E-state index contributed by atoms with van der Waals surface area (Å²) in [6, 6.07) is 4.98. The van der Waals surface area contributed by atoms with Gasteiger partial charge in [0.05, 0.1) is 16.6 Å². The Balaban J connectivity index is 1.74. The largest absolute Gasteiger partial charge is 0.416 e. The van der Waals surface area contributed by atoms with Crippen LogP contribution in [0.2, 0.25) is 0 Å². The molecule has 0 spiro atoms. The van der Waals surface area contributed by atoms with Crippen molar-refractivity contribution in [2.75, 3.05) is 6.54 Å². The number of alkyl halides is 3. The Kier molecular flexibility index (Phi) is 3.47. The van der Waals surface area contributed by atoms with Gasteiger partial charge in [-0.15, -0.1) is 0 Å². The number of amides is 1. The molecule has 2 fully saturated rings. The second kappa shape index (κ2) is 4.98. The van der Waals surface area contributed by atoms with Crippen LogP contribution in [-0.2, 0) is 16.4 Å². The molecule has 2 aliphatic rings. The Morgan fingerprint density at radius 3 is 2.41 bits per heavy atom. The minimum atomic E-state index is -4.41. The van der Waals surface area contributed by atoms with Gasteiger partial charge in [-0.05, 0) is 43.7 Å². The highest BCUT2D eigenvalue weighted by molar-refractivity contribution is 5.91. The summed E-state index contributed by atoms with van der Waals surface area (Å²) in [5, 5.41) is 12.7. The van der Waals surface area contributed by atoms with Crippen LogP contribution in [0.1, 0.15) is 43.2 Å². The van der Waals surface area contributed by atoms with Gasteiger partial charge in [0.1, 0.15) is 0 Å². The van der Waals surface area contributed by atoms with Crippen molar-refractivity contribution in [3.8, 4) is 0 Å². The topological polar surface area (TPSA) is 49.3 Å². The van der Waals surface area contributed by atoms with Crippen LogP contribution in [0, 0.1) is 0 Å². The molecular weight excluding hydrogens is 295 g/mol. The summed E-state index contributed by atoms with van der Waals surface area (Å²) in [4.78, 5) is 12.4. The molecule has 0 atom stereocenters. The molecule has 1 amide bonds. The fourth-order valence-electron chi connectivity index (χ4n) is 2.94. The second-order valence-corrected chi connectivity index (χ2v) is 6.42. The molecule has 3 rings (SSSR count). The number of carbonyl (C=O) groups is 1. The van der Waals surface area contributed by atoms with Crippen molar-refractivity contribution in [1.29, 1.82) is 0 Å². The van der Waals surface area contributed by atoms with Gasteiger partial charge >= 0.3 is 6.18 Å². The molecule has 2 aliphatic carbocycles. The summed E-state index contributed by atoms with van der Waals surface area (Å²) in [5.41, 5.74) is -2.02. The van der Waals surface area contributed by atoms with E-state index >= 15 is 0 Å². The SMILES string of the molecule is O=C(NCC1(O)CCC1)C1(c2cccc(C(F)(F)F)c2)CC1. The number of benzene rings is 1. The predicted molar refractivity (Wildman–Crippen MR) is 74.2 cm³/mol. The highest BCUT2D eigenvalue weighted by atomic mass is 19.4. The Bertz CT molecular complexity index is 589. The van der Waals surface area contributed by atoms with Gasteiger partial charge in [0.25, 0.3) is 0 Å². The Morgan fingerprint density at radius 1 is 1.23 bits per heavy atom. The lowest BCUT2D eigenvalue weighted by molar-refractivity contribution is -0.137. The molecule has 0 radical (unpaired) electrons. The van der Waals surface area contributed by atoms with E-state index in [2.05, 4.69) is 5.32 Å². The van der Waals surface area contributed by atoms with Gasteiger partial charge in [-0.2, -0.15) is 13.2 Å². The molecule has 0 saturated heterocycles. The maximum absolute atomic E-state index is 12.8. The zero-order chi connectivity index (χ0) is 16.0. The highest BCUT2D eigenvalue weighted by Crippen LogP contribution is 2.49. The van der Waals surface area contributed by atoms with Gasteiger partial charge in [-0.1, -0.05) is 18.2 Å². The van der Waals surface area contributed by atoms with Crippen molar-refractivity contribution in [2.24, 2.45) is 0 Å². The molecule has 1 aromatic carbocycles. The van der Waals surface area contributed by atoms with Crippen LogP contribution in [0.25, 0.3) is 0 Å². The van der Waals surface area contributed by atoms with Gasteiger partial charge in [-0.25, -0.2) is 0 Å². The maximum Gasteiger partial charge on any atom is 0.416 e. The van der Waals surface area contributed by atoms with E-state index in [1.54, 1.807) is 6.07 Å². The molecule has 22 heavy (non-hydrogen) atoms. The van der Waals surface area contributed by atoms with Gasteiger partial charge in [0.2, 0.25) is 5.91 Å². The van der Waals surface area contributed by atoms with E-state index in [1.807, 2.05) is 0 Å². The third-order valence-electron chi connectivity index (χ3n) is 4.79. The summed E-state index contributed by atoms with van der Waals surface area (Å²) < 4.78 is 38.4. The van der Waals surface area contributed by atoms with Gasteiger partial charge in [-0.3, -0.25) is 4.79 Å². The van der Waals surface area contributed by atoms with Gasteiger partial charge < -0.3 is 10.4 Å². The minimum absolute atomic E-state index is 0.173. The zero-order valence-corrected chi connectivity index (χ0v) is 12.0. The molecule has 3 nitrogen and oxygen atoms in total. The third-order valence-corrected chi connectivity index (χ3v) is 4.79. The number of rotatable bonds is 4. The van der Waals surface area contributed by atoms with Crippen LogP contribution in [0.5, 0.6) is 0 Å². The molecule has 120 valence electrons. The predicted octanol–water partition coefficient (Wildman–Crippen LogP) is 2.77. The summed E-state index contributed by atoms with van der Waals surface area (Å²) in [6.07, 6.45) is -1.08. The lowest BCUT2D eigenvalue weighted by Gasteiger charge is -2.37. The number of hydrogen-bond acceptors (Lipinski definition) is 2. The number of carbonyl (C=O) groups excluding carboxylic acids is 1. The maximum atomic E-state index is 12.8.